The zero-order chi connectivity index (χ0) is 20.7. The maximum absolute atomic E-state index is 12.5. The lowest BCUT2D eigenvalue weighted by atomic mass is 10.2. The normalized spacial score (nSPS) is 11.4. The molecule has 8 heteroatoms. The Hall–Kier alpha value is -2.80. The molecule has 148 valence electrons. The summed E-state index contributed by atoms with van der Waals surface area (Å²) in [6.45, 7) is 0. The second-order valence-electron chi connectivity index (χ2n) is 6.63. The summed E-state index contributed by atoms with van der Waals surface area (Å²) in [5, 5.41) is 5.40. The molecule has 0 fully saturated rings. The molecule has 5 aromatic rings. The molecule has 1 N–H and O–H groups in total. The molecular formula is C22H14Cl2N4OS. The van der Waals surface area contributed by atoms with Gasteiger partial charge in [0.05, 0.1) is 33.0 Å². The molecule has 1 amide bonds. The molecule has 0 saturated carbocycles. The summed E-state index contributed by atoms with van der Waals surface area (Å²) in [4.78, 5) is 22.1. The number of hydrogen-bond donors (Lipinski definition) is 1. The minimum absolute atomic E-state index is 0.173. The maximum Gasteiger partial charge on any atom is 0.234 e. The van der Waals surface area contributed by atoms with Gasteiger partial charge < -0.3 is 5.32 Å². The number of hydrogen-bond acceptors (Lipinski definition) is 4. The van der Waals surface area contributed by atoms with Crippen LogP contribution in [0.1, 0.15) is 0 Å². The van der Waals surface area contributed by atoms with Gasteiger partial charge in [-0.3, -0.25) is 9.20 Å². The van der Waals surface area contributed by atoms with E-state index in [-0.39, 0.29) is 11.7 Å². The summed E-state index contributed by atoms with van der Waals surface area (Å²) in [6, 6.07) is 20.7. The summed E-state index contributed by atoms with van der Waals surface area (Å²) >= 11 is 13.4. The maximum atomic E-state index is 12.5. The monoisotopic (exact) mass is 452 g/mol. The number of carbonyl (C=O) groups is 1. The van der Waals surface area contributed by atoms with E-state index in [0.29, 0.717) is 20.9 Å². The third kappa shape index (κ3) is 3.47. The standard InChI is InChI=1S/C22H14Cl2N4OS/c23-13-9-10-17(15(24)11-13)25-20(29)12-30-22-27-16-6-2-1-5-14(16)21-26-18-7-3-4-8-19(18)28(21)22/h1-11H,12H2,(H,25,29). The number of carbonyl (C=O) groups excluding carboxylic acids is 1. The van der Waals surface area contributed by atoms with Crippen LogP contribution < -0.4 is 5.32 Å². The SMILES string of the molecule is O=C(CSc1nc2ccccc2c2nc3ccccc3n12)Nc1ccc(Cl)cc1Cl. The molecule has 0 spiro atoms. The van der Waals surface area contributed by atoms with Crippen molar-refractivity contribution in [3.8, 4) is 0 Å². The highest BCUT2D eigenvalue weighted by Crippen LogP contribution is 2.29. The minimum Gasteiger partial charge on any atom is -0.324 e. The molecular weight excluding hydrogens is 439 g/mol. The number of benzene rings is 3. The van der Waals surface area contributed by atoms with Crippen LogP contribution in [0.2, 0.25) is 10.0 Å². The molecule has 30 heavy (non-hydrogen) atoms. The molecule has 0 unspecified atom stereocenters. The Kier molecular flexibility index (Phi) is 4.98. The van der Waals surface area contributed by atoms with Gasteiger partial charge in [0.15, 0.2) is 5.16 Å². The van der Waals surface area contributed by atoms with Gasteiger partial charge in [-0.2, -0.15) is 0 Å². The second kappa shape index (κ2) is 7.80. The first kappa shape index (κ1) is 19.2. The first-order chi connectivity index (χ1) is 14.6. The number of aromatic nitrogens is 3. The van der Waals surface area contributed by atoms with E-state index in [4.69, 9.17) is 33.2 Å². The van der Waals surface area contributed by atoms with Gasteiger partial charge in [-0.05, 0) is 42.5 Å². The smallest absolute Gasteiger partial charge is 0.234 e. The van der Waals surface area contributed by atoms with Gasteiger partial charge in [0, 0.05) is 10.4 Å². The molecule has 5 rings (SSSR count). The largest absolute Gasteiger partial charge is 0.324 e. The number of thioether (sulfide) groups is 1. The Morgan fingerprint density at radius 2 is 1.73 bits per heavy atom. The predicted molar refractivity (Wildman–Crippen MR) is 124 cm³/mol. The van der Waals surface area contributed by atoms with Gasteiger partial charge in [0.1, 0.15) is 5.65 Å². The molecule has 5 nitrogen and oxygen atoms in total. The van der Waals surface area contributed by atoms with Crippen molar-refractivity contribution in [2.45, 2.75) is 5.16 Å². The molecule has 0 radical (unpaired) electrons. The lowest BCUT2D eigenvalue weighted by molar-refractivity contribution is -0.113. The van der Waals surface area contributed by atoms with E-state index in [2.05, 4.69) is 5.32 Å². The number of rotatable bonds is 4. The van der Waals surface area contributed by atoms with Crippen molar-refractivity contribution in [1.82, 2.24) is 14.4 Å². The summed E-state index contributed by atoms with van der Waals surface area (Å²) < 4.78 is 2.00. The molecule has 0 aliphatic carbocycles. The van der Waals surface area contributed by atoms with E-state index < -0.39 is 0 Å². The minimum atomic E-state index is -0.184. The van der Waals surface area contributed by atoms with Gasteiger partial charge in [-0.25, -0.2) is 9.97 Å². The summed E-state index contributed by atoms with van der Waals surface area (Å²) in [6.07, 6.45) is 0. The van der Waals surface area contributed by atoms with Crippen LogP contribution in [-0.2, 0) is 4.79 Å². The number of halogens is 2. The van der Waals surface area contributed by atoms with E-state index in [1.54, 1.807) is 18.2 Å². The highest BCUT2D eigenvalue weighted by molar-refractivity contribution is 7.99. The van der Waals surface area contributed by atoms with Crippen LogP contribution in [-0.4, -0.2) is 26.0 Å². The van der Waals surface area contributed by atoms with E-state index >= 15 is 0 Å². The van der Waals surface area contributed by atoms with Crippen LogP contribution >= 0.6 is 35.0 Å². The highest BCUT2D eigenvalue weighted by Gasteiger charge is 2.15. The van der Waals surface area contributed by atoms with Crippen molar-refractivity contribution in [1.29, 1.82) is 0 Å². The average molecular weight is 453 g/mol. The lowest BCUT2D eigenvalue weighted by Crippen LogP contribution is -2.15. The first-order valence-electron chi connectivity index (χ1n) is 9.14. The Morgan fingerprint density at radius 1 is 0.967 bits per heavy atom. The van der Waals surface area contributed by atoms with Crippen molar-refractivity contribution in [3.63, 3.8) is 0 Å². The third-order valence-corrected chi connectivity index (χ3v) is 6.14. The Labute approximate surface area is 186 Å². The van der Waals surface area contributed by atoms with Crippen LogP contribution in [0.3, 0.4) is 0 Å². The Morgan fingerprint density at radius 3 is 2.57 bits per heavy atom. The molecule has 3 aromatic carbocycles. The second-order valence-corrected chi connectivity index (χ2v) is 8.42. The fourth-order valence-corrected chi connectivity index (χ4v) is 4.58. The van der Waals surface area contributed by atoms with Crippen LogP contribution in [0.25, 0.3) is 27.6 Å². The van der Waals surface area contributed by atoms with Crippen molar-refractivity contribution in [2.24, 2.45) is 0 Å². The van der Waals surface area contributed by atoms with Crippen LogP contribution in [0.4, 0.5) is 5.69 Å². The summed E-state index contributed by atoms with van der Waals surface area (Å²) in [7, 11) is 0. The molecule has 2 heterocycles. The fourth-order valence-electron chi connectivity index (χ4n) is 3.32. The van der Waals surface area contributed by atoms with E-state index in [1.165, 1.54) is 11.8 Å². The number of para-hydroxylation sites is 3. The van der Waals surface area contributed by atoms with E-state index in [1.807, 2.05) is 52.9 Å². The average Bonchev–Trinajstić information content (AvgIpc) is 3.14. The third-order valence-electron chi connectivity index (χ3n) is 4.65. The molecule has 0 aliphatic heterocycles. The first-order valence-corrected chi connectivity index (χ1v) is 10.9. The van der Waals surface area contributed by atoms with Crippen molar-refractivity contribution in [2.75, 3.05) is 11.1 Å². The van der Waals surface area contributed by atoms with E-state index in [9.17, 15) is 4.79 Å². The van der Waals surface area contributed by atoms with Gasteiger partial charge in [0.2, 0.25) is 5.91 Å². The van der Waals surface area contributed by atoms with Crippen LogP contribution in [0, 0.1) is 0 Å². The van der Waals surface area contributed by atoms with Gasteiger partial charge in [-0.1, -0.05) is 59.2 Å². The quantitative estimate of drug-likeness (QED) is 0.265. The zero-order valence-corrected chi connectivity index (χ0v) is 17.8. The van der Waals surface area contributed by atoms with Crippen LogP contribution in [0.15, 0.2) is 71.9 Å². The predicted octanol–water partition coefficient (Wildman–Crippen LogP) is 6.07. The number of fused-ring (bicyclic) bond motifs is 5. The van der Waals surface area contributed by atoms with Gasteiger partial charge >= 0.3 is 0 Å². The number of nitrogens with zero attached hydrogens (tertiary/aromatic N) is 3. The lowest BCUT2D eigenvalue weighted by Gasteiger charge is -2.10. The van der Waals surface area contributed by atoms with Crippen molar-refractivity contribution in [3.05, 3.63) is 76.8 Å². The number of anilines is 1. The summed E-state index contributed by atoms with van der Waals surface area (Å²) in [5.74, 6) is -0.0110. The van der Waals surface area contributed by atoms with Crippen molar-refractivity contribution >= 4 is 74.1 Å². The van der Waals surface area contributed by atoms with Crippen molar-refractivity contribution < 1.29 is 4.79 Å². The molecule has 0 atom stereocenters. The van der Waals surface area contributed by atoms with Gasteiger partial charge in [-0.15, -0.1) is 0 Å². The molecule has 0 saturated heterocycles. The molecule has 0 bridgehead atoms. The van der Waals surface area contributed by atoms with E-state index in [0.717, 1.165) is 27.6 Å². The molecule has 0 aliphatic rings. The number of imidazole rings is 1. The number of amides is 1. The zero-order valence-electron chi connectivity index (χ0n) is 15.5. The highest BCUT2D eigenvalue weighted by atomic mass is 35.5. The Bertz CT molecular complexity index is 1430. The number of nitrogens with one attached hydrogen (secondary N) is 1. The van der Waals surface area contributed by atoms with Crippen LogP contribution in [0.5, 0.6) is 0 Å². The topological polar surface area (TPSA) is 59.3 Å². The fraction of sp³-hybridized carbons (Fsp3) is 0.0455. The molecule has 2 aromatic heterocycles. The Balaban J connectivity index is 1.51. The van der Waals surface area contributed by atoms with Gasteiger partial charge in [0.25, 0.3) is 0 Å². The summed E-state index contributed by atoms with van der Waals surface area (Å²) in [5.41, 5.74) is 4.02.